The van der Waals surface area contributed by atoms with Crippen molar-refractivity contribution in [1.29, 1.82) is 0 Å². The zero-order valence-corrected chi connectivity index (χ0v) is 24.1. The van der Waals surface area contributed by atoms with Gasteiger partial charge in [0.05, 0.1) is 23.5 Å². The first-order valence-corrected chi connectivity index (χ1v) is 14.5. The molecule has 3 heterocycles. The van der Waals surface area contributed by atoms with Crippen molar-refractivity contribution in [2.24, 2.45) is 0 Å². The van der Waals surface area contributed by atoms with Crippen LogP contribution in [0.3, 0.4) is 0 Å². The first-order valence-electron chi connectivity index (χ1n) is 14.5. The number of phenolic OH excluding ortho intramolecular Hbond substituents is 2. The lowest BCUT2D eigenvalue weighted by atomic mass is 10.1. The fourth-order valence-electron chi connectivity index (χ4n) is 6.03. The number of hydrogen-bond acceptors (Lipinski definition) is 10. The van der Waals surface area contributed by atoms with Crippen LogP contribution in [0.4, 0.5) is 11.4 Å². The second-order valence-corrected chi connectivity index (χ2v) is 11.3. The molecule has 0 amide bonds. The molecule has 0 aliphatic carbocycles. The summed E-state index contributed by atoms with van der Waals surface area (Å²) in [5, 5.41) is 27.0. The molecule has 10 heteroatoms. The van der Waals surface area contributed by atoms with E-state index in [1.54, 1.807) is 30.3 Å². The highest BCUT2D eigenvalue weighted by Gasteiger charge is 2.23. The van der Waals surface area contributed by atoms with Crippen LogP contribution in [0.1, 0.15) is 0 Å². The molecule has 2 aromatic heterocycles. The van der Waals surface area contributed by atoms with Gasteiger partial charge in [-0.05, 0) is 55.6 Å². The first kappa shape index (κ1) is 27.8. The number of aromatic hydroxyl groups is 2. The molecular formula is C34H31N3O7. The topological polar surface area (TPSA) is 129 Å². The third kappa shape index (κ3) is 5.29. The molecule has 1 aliphatic rings. The van der Waals surface area contributed by atoms with Crippen LogP contribution in [0.15, 0.2) is 91.2 Å². The number of ether oxygens (including phenoxy) is 1. The van der Waals surface area contributed by atoms with Gasteiger partial charge in [-0.1, -0.05) is 12.1 Å². The van der Waals surface area contributed by atoms with Crippen molar-refractivity contribution in [3.8, 4) is 11.5 Å². The van der Waals surface area contributed by atoms with E-state index in [4.69, 9.17) is 13.6 Å². The Labute approximate surface area is 251 Å². The molecule has 1 aliphatic heterocycles. The molecule has 1 saturated heterocycles. The number of nitrogens with zero attached hydrogens (tertiary/aromatic N) is 2. The summed E-state index contributed by atoms with van der Waals surface area (Å²) in [4.78, 5) is 29.8. The van der Waals surface area contributed by atoms with Crippen molar-refractivity contribution < 1.29 is 23.8 Å². The van der Waals surface area contributed by atoms with Gasteiger partial charge in [0.25, 0.3) is 0 Å². The van der Waals surface area contributed by atoms with E-state index in [2.05, 4.69) is 15.1 Å². The monoisotopic (exact) mass is 593 g/mol. The summed E-state index contributed by atoms with van der Waals surface area (Å²) >= 11 is 0. The number of nitrogens with one attached hydrogen (secondary N) is 1. The summed E-state index contributed by atoms with van der Waals surface area (Å²) < 4.78 is 17.0. The van der Waals surface area contributed by atoms with Gasteiger partial charge in [0.15, 0.2) is 0 Å². The van der Waals surface area contributed by atoms with Crippen LogP contribution in [-0.2, 0) is 4.74 Å². The Bertz CT molecular complexity index is 2160. The van der Waals surface area contributed by atoms with Gasteiger partial charge < -0.3 is 38.9 Å². The lowest BCUT2D eigenvalue weighted by molar-refractivity contribution is 0.0213. The predicted molar refractivity (Wildman–Crippen MR) is 171 cm³/mol. The van der Waals surface area contributed by atoms with Gasteiger partial charge in [0, 0.05) is 77.8 Å². The standard InChI is InChI=1S/C34H31N3O7/c1-36(11-10-35-20-2-6-25-27-8-4-22(38)16-31(27)43-33(40)29(25)14-20)18-24-19-37(12-13-42-24)21-3-7-26-28-9-5-23(39)17-32(28)44-34(41)30(26)15-21/h2-9,14-17,24,35,38-39H,10-13,18-19H2,1H3. The maximum absolute atomic E-state index is 12.8. The zero-order chi connectivity index (χ0) is 30.4. The van der Waals surface area contributed by atoms with E-state index >= 15 is 0 Å². The van der Waals surface area contributed by atoms with Gasteiger partial charge in [-0.15, -0.1) is 0 Å². The van der Waals surface area contributed by atoms with Crippen LogP contribution < -0.4 is 21.5 Å². The van der Waals surface area contributed by atoms with Gasteiger partial charge in [-0.3, -0.25) is 0 Å². The third-order valence-corrected chi connectivity index (χ3v) is 8.22. The number of phenols is 2. The minimum absolute atomic E-state index is 0.0153. The molecule has 3 N–H and O–H groups in total. The lowest BCUT2D eigenvalue weighted by Gasteiger charge is -2.36. The zero-order valence-electron chi connectivity index (χ0n) is 24.1. The minimum Gasteiger partial charge on any atom is -0.508 e. The Morgan fingerprint density at radius 2 is 1.41 bits per heavy atom. The van der Waals surface area contributed by atoms with Gasteiger partial charge in [-0.25, -0.2) is 9.59 Å². The average molecular weight is 594 g/mol. The quantitative estimate of drug-likeness (QED) is 0.174. The number of rotatable bonds is 7. The van der Waals surface area contributed by atoms with Crippen LogP contribution in [-0.4, -0.2) is 67.6 Å². The number of fused-ring (bicyclic) bond motifs is 6. The van der Waals surface area contributed by atoms with Crippen molar-refractivity contribution in [3.63, 3.8) is 0 Å². The van der Waals surface area contributed by atoms with Gasteiger partial charge in [-0.2, -0.15) is 0 Å². The SMILES string of the molecule is CN(CCNc1ccc2c(c1)c(=O)oc1cc(O)ccc12)CC1CN(c2ccc3c(c2)c(=O)oc2cc(O)ccc23)CCO1. The second kappa shape index (κ2) is 11.2. The molecule has 4 aromatic carbocycles. The van der Waals surface area contributed by atoms with Crippen LogP contribution in [0.5, 0.6) is 11.5 Å². The summed E-state index contributed by atoms with van der Waals surface area (Å²) in [7, 11) is 2.05. The number of hydrogen-bond donors (Lipinski definition) is 3. The van der Waals surface area contributed by atoms with Crippen molar-refractivity contribution in [2.75, 3.05) is 56.6 Å². The van der Waals surface area contributed by atoms with Crippen molar-refractivity contribution in [1.82, 2.24) is 4.90 Å². The molecule has 0 bridgehead atoms. The van der Waals surface area contributed by atoms with Crippen molar-refractivity contribution in [2.45, 2.75) is 6.10 Å². The largest absolute Gasteiger partial charge is 0.508 e. The molecule has 6 aromatic rings. The Hall–Kier alpha value is -5.06. The number of benzene rings is 4. The summed E-state index contributed by atoms with van der Waals surface area (Å²) in [6, 6.07) is 21.0. The molecular weight excluding hydrogens is 562 g/mol. The Balaban J connectivity index is 0.986. The Morgan fingerprint density at radius 3 is 2.09 bits per heavy atom. The molecule has 1 atom stereocenters. The summed E-state index contributed by atoms with van der Waals surface area (Å²) in [5.41, 5.74) is 1.60. The van der Waals surface area contributed by atoms with E-state index in [0.717, 1.165) is 46.0 Å². The van der Waals surface area contributed by atoms with E-state index in [1.807, 2.05) is 37.4 Å². The summed E-state index contributed by atoms with van der Waals surface area (Å²) in [6.45, 7) is 4.12. The highest BCUT2D eigenvalue weighted by molar-refractivity contribution is 6.06. The third-order valence-electron chi connectivity index (χ3n) is 8.22. The summed E-state index contributed by atoms with van der Waals surface area (Å²) in [5.74, 6) is 0.102. The highest BCUT2D eigenvalue weighted by atomic mass is 16.5. The smallest absolute Gasteiger partial charge is 0.344 e. The molecule has 7 rings (SSSR count). The molecule has 0 spiro atoms. The lowest BCUT2D eigenvalue weighted by Crippen LogP contribution is -2.47. The maximum Gasteiger partial charge on any atom is 0.344 e. The van der Waals surface area contributed by atoms with E-state index in [0.29, 0.717) is 48.2 Å². The van der Waals surface area contributed by atoms with E-state index in [9.17, 15) is 19.8 Å². The van der Waals surface area contributed by atoms with Crippen molar-refractivity contribution in [3.05, 3.63) is 93.6 Å². The number of morpholine rings is 1. The fraction of sp³-hybridized carbons (Fsp3) is 0.235. The van der Waals surface area contributed by atoms with Crippen LogP contribution in [0.2, 0.25) is 0 Å². The van der Waals surface area contributed by atoms with E-state index in [-0.39, 0.29) is 17.6 Å². The van der Waals surface area contributed by atoms with Crippen LogP contribution >= 0.6 is 0 Å². The number of anilines is 2. The van der Waals surface area contributed by atoms with E-state index < -0.39 is 11.3 Å². The number of likely N-dealkylation sites (N-methyl/N-ethyl adjacent to an activating group) is 1. The highest BCUT2D eigenvalue weighted by Crippen LogP contribution is 2.30. The first-order chi connectivity index (χ1) is 21.3. The molecule has 44 heavy (non-hydrogen) atoms. The molecule has 1 fully saturated rings. The predicted octanol–water partition coefficient (Wildman–Crippen LogP) is 4.87. The fourth-order valence-corrected chi connectivity index (χ4v) is 6.03. The second-order valence-electron chi connectivity index (χ2n) is 11.3. The van der Waals surface area contributed by atoms with Crippen LogP contribution in [0, 0.1) is 0 Å². The van der Waals surface area contributed by atoms with Gasteiger partial charge >= 0.3 is 11.3 Å². The van der Waals surface area contributed by atoms with Crippen molar-refractivity contribution >= 4 is 54.9 Å². The van der Waals surface area contributed by atoms with E-state index in [1.165, 1.54) is 12.1 Å². The Kier molecular flexibility index (Phi) is 7.07. The normalized spacial score (nSPS) is 15.6. The maximum atomic E-state index is 12.8. The minimum atomic E-state index is -0.446. The molecule has 0 saturated carbocycles. The molecule has 10 nitrogen and oxygen atoms in total. The Morgan fingerprint density at radius 1 is 0.795 bits per heavy atom. The summed E-state index contributed by atoms with van der Waals surface area (Å²) in [6.07, 6.45) is -0.0153. The molecule has 0 radical (unpaired) electrons. The molecule has 1 unspecified atom stereocenters. The molecule has 224 valence electrons. The van der Waals surface area contributed by atoms with Gasteiger partial charge in [0.2, 0.25) is 0 Å². The van der Waals surface area contributed by atoms with Gasteiger partial charge in [0.1, 0.15) is 22.7 Å². The average Bonchev–Trinajstić information content (AvgIpc) is 3.01. The van der Waals surface area contributed by atoms with Crippen LogP contribution in [0.25, 0.3) is 43.5 Å².